The van der Waals surface area contributed by atoms with Crippen LogP contribution in [0.2, 0.25) is 0 Å². The van der Waals surface area contributed by atoms with Crippen LogP contribution in [0, 0.1) is 6.92 Å². The smallest absolute Gasteiger partial charge is 0.408 e. The van der Waals surface area contributed by atoms with Crippen molar-refractivity contribution in [2.45, 2.75) is 31.9 Å². The maximum Gasteiger partial charge on any atom is 0.408 e. The molecule has 206 valence electrons. The first-order valence-corrected chi connectivity index (χ1v) is 13.1. The van der Waals surface area contributed by atoms with E-state index in [0.29, 0.717) is 34.3 Å². The highest BCUT2D eigenvalue weighted by atomic mass is 16.6. The number of aromatic amines is 1. The molecule has 1 saturated carbocycles. The van der Waals surface area contributed by atoms with Crippen LogP contribution in [0.5, 0.6) is 17.2 Å². The van der Waals surface area contributed by atoms with Crippen LogP contribution in [0.25, 0.3) is 16.7 Å². The highest BCUT2D eigenvalue weighted by molar-refractivity contribution is 5.83. The molecule has 4 N–H and O–H groups in total. The number of methoxy groups -OCH3 is 1. The molecule has 0 atom stereocenters. The lowest BCUT2D eigenvalue weighted by Crippen LogP contribution is -2.41. The summed E-state index contributed by atoms with van der Waals surface area (Å²) < 4.78 is 23.4. The molecule has 0 saturated heterocycles. The number of nitrogens with one attached hydrogen (secondary N) is 2. The van der Waals surface area contributed by atoms with Gasteiger partial charge in [-0.05, 0) is 61.7 Å². The molecule has 8 heteroatoms. The SMILES string of the molecule is C=C/C=C(/Oc1ccc2[nH]c(C)cc2c1)c1cc(OC)c(OCC2(NC(=O)OCc3ccccc3)CC2)cc1N. The van der Waals surface area contributed by atoms with Gasteiger partial charge in [0.1, 0.15) is 24.7 Å². The highest BCUT2D eigenvalue weighted by Gasteiger charge is 2.45. The van der Waals surface area contributed by atoms with Crippen LogP contribution in [0.4, 0.5) is 10.5 Å². The van der Waals surface area contributed by atoms with Crippen molar-refractivity contribution in [1.29, 1.82) is 0 Å². The Hall–Kier alpha value is -4.85. The summed E-state index contributed by atoms with van der Waals surface area (Å²) in [5.41, 5.74) is 10.1. The highest BCUT2D eigenvalue weighted by Crippen LogP contribution is 2.40. The number of aryl methyl sites for hydroxylation is 1. The lowest BCUT2D eigenvalue weighted by Gasteiger charge is -2.20. The van der Waals surface area contributed by atoms with E-state index in [1.807, 2.05) is 55.5 Å². The molecule has 0 unspecified atom stereocenters. The van der Waals surface area contributed by atoms with E-state index in [0.717, 1.165) is 35.0 Å². The number of carbonyl (C=O) groups is 1. The molecule has 0 aliphatic heterocycles. The predicted octanol–water partition coefficient (Wildman–Crippen LogP) is 6.51. The van der Waals surface area contributed by atoms with E-state index in [4.69, 9.17) is 24.7 Å². The second-order valence-corrected chi connectivity index (χ2v) is 9.92. The first kappa shape index (κ1) is 26.7. The molecule has 0 bridgehead atoms. The van der Waals surface area contributed by atoms with E-state index in [1.54, 1.807) is 31.4 Å². The van der Waals surface area contributed by atoms with Gasteiger partial charge in [-0.1, -0.05) is 43.0 Å². The Morgan fingerprint density at radius 2 is 1.90 bits per heavy atom. The van der Waals surface area contributed by atoms with Gasteiger partial charge >= 0.3 is 6.09 Å². The van der Waals surface area contributed by atoms with Gasteiger partial charge in [-0.2, -0.15) is 0 Å². The standard InChI is InChI=1S/C32H33N3O5/c1-4-8-28(40-24-11-12-27-23(16-24)15-21(2)34-27)25-17-29(37-3)30(18-26(25)33)39-20-32(13-14-32)35-31(36)38-19-22-9-6-5-7-10-22/h4-12,15-18,34H,1,13-14,19-20,33H2,2-3H3,(H,35,36)/b28-8+. The van der Waals surface area contributed by atoms with Gasteiger partial charge in [-0.15, -0.1) is 0 Å². The van der Waals surface area contributed by atoms with E-state index in [1.165, 1.54) is 0 Å². The number of H-pyrrole nitrogens is 1. The number of hydrogen-bond acceptors (Lipinski definition) is 6. The molecule has 4 aromatic rings. The number of alkyl carbamates (subject to hydrolysis) is 1. The Labute approximate surface area is 233 Å². The molecular weight excluding hydrogens is 506 g/mol. The summed E-state index contributed by atoms with van der Waals surface area (Å²) in [4.78, 5) is 15.7. The fraction of sp³-hybridized carbons (Fsp3) is 0.219. The lowest BCUT2D eigenvalue weighted by molar-refractivity contribution is 0.128. The van der Waals surface area contributed by atoms with Gasteiger partial charge in [-0.25, -0.2) is 4.79 Å². The molecule has 5 rings (SSSR count). The first-order chi connectivity index (χ1) is 19.4. The van der Waals surface area contributed by atoms with Crippen LogP contribution in [0.3, 0.4) is 0 Å². The number of amides is 1. The normalized spacial score (nSPS) is 13.9. The van der Waals surface area contributed by atoms with E-state index >= 15 is 0 Å². The second-order valence-electron chi connectivity index (χ2n) is 9.92. The molecule has 0 radical (unpaired) electrons. The predicted molar refractivity (Wildman–Crippen MR) is 156 cm³/mol. The number of allylic oxidation sites excluding steroid dienone is 2. The van der Waals surface area contributed by atoms with Crippen molar-refractivity contribution >= 4 is 28.4 Å². The largest absolute Gasteiger partial charge is 0.493 e. The number of anilines is 1. The zero-order valence-electron chi connectivity index (χ0n) is 22.7. The summed E-state index contributed by atoms with van der Waals surface area (Å²) in [5.74, 6) is 2.14. The van der Waals surface area contributed by atoms with Crippen molar-refractivity contribution in [2.24, 2.45) is 0 Å². The second kappa shape index (κ2) is 11.5. The number of hydrogen-bond donors (Lipinski definition) is 3. The van der Waals surface area contributed by atoms with Crippen LogP contribution in [-0.2, 0) is 11.3 Å². The summed E-state index contributed by atoms with van der Waals surface area (Å²) in [6.45, 7) is 6.30. The quantitative estimate of drug-likeness (QED) is 0.114. The van der Waals surface area contributed by atoms with Gasteiger partial charge in [0.05, 0.1) is 12.6 Å². The average Bonchev–Trinajstić information content (AvgIpc) is 3.61. The Kier molecular flexibility index (Phi) is 7.68. The summed E-state index contributed by atoms with van der Waals surface area (Å²) in [7, 11) is 1.56. The molecule has 3 aromatic carbocycles. The fourth-order valence-electron chi connectivity index (χ4n) is 4.44. The number of ether oxygens (including phenoxy) is 4. The third-order valence-corrected chi connectivity index (χ3v) is 6.76. The Morgan fingerprint density at radius 3 is 2.62 bits per heavy atom. The van der Waals surface area contributed by atoms with Gasteiger partial charge in [0.15, 0.2) is 11.5 Å². The molecule has 1 amide bonds. The number of benzene rings is 3. The van der Waals surface area contributed by atoms with Crippen molar-refractivity contribution in [3.8, 4) is 17.2 Å². The van der Waals surface area contributed by atoms with Gasteiger partial charge in [-0.3, -0.25) is 0 Å². The molecule has 0 spiro atoms. The minimum Gasteiger partial charge on any atom is -0.493 e. The van der Waals surface area contributed by atoms with Gasteiger partial charge in [0.2, 0.25) is 0 Å². The lowest BCUT2D eigenvalue weighted by atomic mass is 10.1. The zero-order chi connectivity index (χ0) is 28.1. The minimum absolute atomic E-state index is 0.205. The van der Waals surface area contributed by atoms with Gasteiger partial charge in [0.25, 0.3) is 0 Å². The van der Waals surface area contributed by atoms with Gasteiger partial charge < -0.3 is 35.0 Å². The Balaban J connectivity index is 1.26. The van der Waals surface area contributed by atoms with E-state index in [2.05, 4.69) is 22.9 Å². The van der Waals surface area contributed by atoms with Gasteiger partial charge in [0, 0.05) is 33.9 Å². The van der Waals surface area contributed by atoms with Crippen molar-refractivity contribution in [1.82, 2.24) is 10.3 Å². The topological polar surface area (TPSA) is 108 Å². The maximum absolute atomic E-state index is 12.4. The Bertz CT molecular complexity index is 1550. The summed E-state index contributed by atoms with van der Waals surface area (Å²) >= 11 is 0. The molecule has 1 aliphatic rings. The molecule has 1 heterocycles. The number of rotatable bonds is 11. The molecular formula is C32H33N3O5. The third-order valence-electron chi connectivity index (χ3n) is 6.76. The average molecular weight is 540 g/mol. The van der Waals surface area contributed by atoms with Crippen LogP contribution < -0.4 is 25.3 Å². The first-order valence-electron chi connectivity index (χ1n) is 13.1. The van der Waals surface area contributed by atoms with Crippen molar-refractivity contribution in [3.05, 3.63) is 102 Å². The molecule has 8 nitrogen and oxygen atoms in total. The molecule has 1 fully saturated rings. The maximum atomic E-state index is 12.4. The number of nitrogen functional groups attached to an aromatic ring is 1. The number of nitrogens with two attached hydrogens (primary N) is 1. The number of fused-ring (bicyclic) bond motifs is 1. The summed E-state index contributed by atoms with van der Waals surface area (Å²) in [6.07, 6.45) is 4.49. The van der Waals surface area contributed by atoms with Crippen molar-refractivity contribution < 1.29 is 23.7 Å². The van der Waals surface area contributed by atoms with Crippen LogP contribution in [-0.4, -0.2) is 30.3 Å². The van der Waals surface area contributed by atoms with Crippen molar-refractivity contribution in [2.75, 3.05) is 19.5 Å². The number of aromatic nitrogens is 1. The fourth-order valence-corrected chi connectivity index (χ4v) is 4.44. The van der Waals surface area contributed by atoms with Crippen LogP contribution in [0.15, 0.2) is 85.5 Å². The van der Waals surface area contributed by atoms with E-state index < -0.39 is 11.6 Å². The van der Waals surface area contributed by atoms with E-state index in [-0.39, 0.29) is 13.2 Å². The van der Waals surface area contributed by atoms with E-state index in [9.17, 15) is 4.79 Å². The third kappa shape index (κ3) is 6.23. The monoisotopic (exact) mass is 539 g/mol. The summed E-state index contributed by atoms with van der Waals surface area (Å²) in [5, 5.41) is 4.00. The van der Waals surface area contributed by atoms with Crippen molar-refractivity contribution in [3.63, 3.8) is 0 Å². The molecule has 1 aromatic heterocycles. The number of carbonyl (C=O) groups excluding carboxylic acids is 1. The molecule has 1 aliphatic carbocycles. The van der Waals surface area contributed by atoms with Crippen LogP contribution >= 0.6 is 0 Å². The Morgan fingerprint density at radius 1 is 1.10 bits per heavy atom. The minimum atomic E-state index is -0.488. The summed E-state index contributed by atoms with van der Waals surface area (Å²) in [6, 6.07) is 20.9. The molecule has 40 heavy (non-hydrogen) atoms. The zero-order valence-corrected chi connectivity index (χ0v) is 22.7. The van der Waals surface area contributed by atoms with Crippen LogP contribution in [0.1, 0.15) is 29.7 Å².